The summed E-state index contributed by atoms with van der Waals surface area (Å²) in [5, 5.41) is 0.730. The maximum Gasteiger partial charge on any atom is 0.182 e. The Labute approximate surface area is 135 Å². The van der Waals surface area contributed by atoms with Crippen molar-refractivity contribution in [2.24, 2.45) is 0 Å². The Balaban J connectivity index is 2.44. The Hall–Kier alpha value is -1.10. The highest BCUT2D eigenvalue weighted by atomic mass is 79.9. The van der Waals surface area contributed by atoms with Crippen LogP contribution in [-0.4, -0.2) is 9.55 Å². The number of fused-ring (bicyclic) bond motifs is 1. The van der Waals surface area contributed by atoms with Crippen molar-refractivity contribution in [3.05, 3.63) is 55.7 Å². The van der Waals surface area contributed by atoms with Gasteiger partial charge in [-0.15, -0.1) is 0 Å². The first-order valence-electron chi connectivity index (χ1n) is 6.15. The van der Waals surface area contributed by atoms with Gasteiger partial charge in [0.1, 0.15) is 0 Å². The smallest absolute Gasteiger partial charge is 0.182 e. The van der Waals surface area contributed by atoms with Crippen LogP contribution in [0.5, 0.6) is 0 Å². The predicted molar refractivity (Wildman–Crippen MR) is 90.6 cm³/mol. The van der Waals surface area contributed by atoms with Crippen LogP contribution in [0, 0.1) is 18.6 Å². The lowest BCUT2D eigenvalue weighted by Gasteiger charge is -2.11. The quantitative estimate of drug-likeness (QED) is 0.545. The van der Waals surface area contributed by atoms with Crippen molar-refractivity contribution in [1.82, 2.24) is 9.55 Å². The Bertz CT molecular complexity index is 879. The maximum atomic E-state index is 6.27. The molecule has 5 heteroatoms. The lowest BCUT2D eigenvalue weighted by atomic mass is 10.2. The first-order chi connectivity index (χ1) is 9.49. The number of aromatic nitrogens is 2. The molecule has 1 N–H and O–H groups in total. The van der Waals surface area contributed by atoms with Crippen molar-refractivity contribution in [2.45, 2.75) is 13.8 Å². The fourth-order valence-corrected chi connectivity index (χ4v) is 3.46. The molecule has 20 heavy (non-hydrogen) atoms. The molecule has 2 aromatic carbocycles. The minimum Gasteiger partial charge on any atom is -0.330 e. The molecule has 1 heterocycles. The Morgan fingerprint density at radius 3 is 2.70 bits per heavy atom. The van der Waals surface area contributed by atoms with Gasteiger partial charge in [-0.2, -0.15) is 0 Å². The van der Waals surface area contributed by atoms with E-state index in [1.807, 2.05) is 35.8 Å². The minimum absolute atomic E-state index is 0.662. The van der Waals surface area contributed by atoms with Crippen molar-refractivity contribution in [2.75, 3.05) is 0 Å². The SMILES string of the molecule is Cc1cc(Br)c(-n2c(=S)[nH]c3cccc(C)c32)cc1Cl. The highest BCUT2D eigenvalue weighted by Crippen LogP contribution is 2.31. The molecule has 0 spiro atoms. The summed E-state index contributed by atoms with van der Waals surface area (Å²) < 4.78 is 3.66. The van der Waals surface area contributed by atoms with Crippen LogP contribution in [0.2, 0.25) is 5.02 Å². The number of H-pyrrole nitrogens is 1. The molecule has 1 aromatic heterocycles. The maximum absolute atomic E-state index is 6.27. The van der Waals surface area contributed by atoms with Crippen molar-refractivity contribution in [1.29, 1.82) is 0 Å². The highest BCUT2D eigenvalue weighted by Gasteiger charge is 2.12. The third-order valence-electron chi connectivity index (χ3n) is 3.38. The average Bonchev–Trinajstić information content (AvgIpc) is 2.71. The molecule has 0 unspecified atom stereocenters. The minimum atomic E-state index is 0.662. The summed E-state index contributed by atoms with van der Waals surface area (Å²) in [5.41, 5.74) is 5.26. The van der Waals surface area contributed by atoms with Crippen molar-refractivity contribution >= 4 is 50.8 Å². The van der Waals surface area contributed by atoms with E-state index in [-0.39, 0.29) is 0 Å². The van der Waals surface area contributed by atoms with Crippen molar-refractivity contribution in [3.63, 3.8) is 0 Å². The first-order valence-corrected chi connectivity index (χ1v) is 7.73. The molecule has 102 valence electrons. The normalized spacial score (nSPS) is 11.2. The first kappa shape index (κ1) is 13.9. The van der Waals surface area contributed by atoms with E-state index in [2.05, 4.69) is 33.9 Å². The average molecular weight is 368 g/mol. The monoisotopic (exact) mass is 366 g/mol. The zero-order chi connectivity index (χ0) is 14.4. The number of para-hydroxylation sites is 1. The molecule has 0 atom stereocenters. The summed E-state index contributed by atoms with van der Waals surface area (Å²) in [6.07, 6.45) is 0. The van der Waals surface area contributed by atoms with Crippen LogP contribution in [0.1, 0.15) is 11.1 Å². The number of nitrogens with one attached hydrogen (secondary N) is 1. The number of hydrogen-bond donors (Lipinski definition) is 1. The summed E-state index contributed by atoms with van der Waals surface area (Å²) in [6.45, 7) is 4.06. The number of halogens is 2. The second-order valence-corrected chi connectivity index (χ2v) is 6.44. The number of hydrogen-bond acceptors (Lipinski definition) is 1. The molecule has 3 rings (SSSR count). The zero-order valence-electron chi connectivity index (χ0n) is 11.0. The molecule has 0 aliphatic carbocycles. The van der Waals surface area contributed by atoms with Gasteiger partial charge in [0.25, 0.3) is 0 Å². The molecule has 0 radical (unpaired) electrons. The summed E-state index contributed by atoms with van der Waals surface area (Å²) in [6, 6.07) is 10.1. The second kappa shape index (κ2) is 5.02. The van der Waals surface area contributed by atoms with E-state index in [1.54, 1.807) is 0 Å². The third kappa shape index (κ3) is 2.12. The largest absolute Gasteiger partial charge is 0.330 e. The predicted octanol–water partition coefficient (Wildman–Crippen LogP) is 5.72. The lowest BCUT2D eigenvalue weighted by Crippen LogP contribution is -1.97. The van der Waals surface area contributed by atoms with Crippen LogP contribution in [0.4, 0.5) is 0 Å². The summed E-state index contributed by atoms with van der Waals surface area (Å²) >= 11 is 15.3. The van der Waals surface area contributed by atoms with Gasteiger partial charge in [0, 0.05) is 9.50 Å². The zero-order valence-corrected chi connectivity index (χ0v) is 14.2. The number of nitrogens with zero attached hydrogens (tertiary/aromatic N) is 1. The second-order valence-electron chi connectivity index (χ2n) is 4.79. The number of benzene rings is 2. The van der Waals surface area contributed by atoms with Crippen LogP contribution >= 0.6 is 39.7 Å². The number of aromatic amines is 1. The number of imidazole rings is 1. The van der Waals surface area contributed by atoms with Gasteiger partial charge in [-0.1, -0.05) is 23.7 Å². The van der Waals surface area contributed by atoms with Gasteiger partial charge in [-0.25, -0.2) is 0 Å². The number of aryl methyl sites for hydroxylation is 2. The fourth-order valence-electron chi connectivity index (χ4n) is 2.37. The van der Waals surface area contributed by atoms with Gasteiger partial charge in [0.05, 0.1) is 16.7 Å². The standard InChI is InChI=1S/C15H12BrClN2S/c1-8-4-3-5-12-14(8)19(15(20)18-12)13-7-11(17)9(2)6-10(13)16/h3-7H,1-2H3,(H,18,20). The van der Waals surface area contributed by atoms with Crippen molar-refractivity contribution < 1.29 is 0 Å². The summed E-state index contributed by atoms with van der Waals surface area (Å²) in [4.78, 5) is 3.24. The van der Waals surface area contributed by atoms with E-state index in [1.165, 1.54) is 5.56 Å². The van der Waals surface area contributed by atoms with Gasteiger partial charge in [-0.3, -0.25) is 4.57 Å². The number of rotatable bonds is 1. The molecule has 2 nitrogen and oxygen atoms in total. The summed E-state index contributed by atoms with van der Waals surface area (Å²) in [5.74, 6) is 0. The fraction of sp³-hybridized carbons (Fsp3) is 0.133. The third-order valence-corrected chi connectivity index (χ3v) is 4.70. The van der Waals surface area contributed by atoms with E-state index in [0.29, 0.717) is 4.77 Å². The molecule has 0 amide bonds. The topological polar surface area (TPSA) is 20.7 Å². The van der Waals surface area contributed by atoms with Crippen LogP contribution in [0.15, 0.2) is 34.8 Å². The van der Waals surface area contributed by atoms with Gasteiger partial charge in [0.2, 0.25) is 0 Å². The van der Waals surface area contributed by atoms with E-state index < -0.39 is 0 Å². The molecule has 0 aliphatic rings. The molecule has 0 fully saturated rings. The Kier molecular flexibility index (Phi) is 3.48. The van der Waals surface area contributed by atoms with E-state index in [9.17, 15) is 0 Å². The molecular formula is C15H12BrClN2S. The van der Waals surface area contributed by atoms with Crippen LogP contribution in [0.3, 0.4) is 0 Å². The van der Waals surface area contributed by atoms with Crippen LogP contribution in [-0.2, 0) is 0 Å². The summed E-state index contributed by atoms with van der Waals surface area (Å²) in [7, 11) is 0. The van der Waals surface area contributed by atoms with E-state index in [4.69, 9.17) is 23.8 Å². The van der Waals surface area contributed by atoms with Gasteiger partial charge in [0.15, 0.2) is 4.77 Å². The molecule has 0 bridgehead atoms. The van der Waals surface area contributed by atoms with Gasteiger partial charge >= 0.3 is 0 Å². The molecular weight excluding hydrogens is 356 g/mol. The van der Waals surface area contributed by atoms with Gasteiger partial charge in [-0.05, 0) is 71.3 Å². The van der Waals surface area contributed by atoms with E-state index in [0.717, 1.165) is 31.8 Å². The molecule has 0 aliphatic heterocycles. The molecule has 0 saturated carbocycles. The van der Waals surface area contributed by atoms with Crippen LogP contribution in [0.25, 0.3) is 16.7 Å². The van der Waals surface area contributed by atoms with Crippen molar-refractivity contribution in [3.8, 4) is 5.69 Å². The van der Waals surface area contributed by atoms with Gasteiger partial charge < -0.3 is 4.98 Å². The highest BCUT2D eigenvalue weighted by molar-refractivity contribution is 9.10. The van der Waals surface area contributed by atoms with E-state index >= 15 is 0 Å². The lowest BCUT2D eigenvalue weighted by molar-refractivity contribution is 1.05. The Morgan fingerprint density at radius 2 is 1.95 bits per heavy atom. The Morgan fingerprint density at radius 1 is 1.20 bits per heavy atom. The molecule has 0 saturated heterocycles. The van der Waals surface area contributed by atoms with Crippen LogP contribution < -0.4 is 0 Å². The molecule has 3 aromatic rings.